The third-order valence-corrected chi connectivity index (χ3v) is 6.96. The van der Waals surface area contributed by atoms with Gasteiger partial charge in [-0.15, -0.1) is 24.0 Å². The van der Waals surface area contributed by atoms with Gasteiger partial charge in [0.25, 0.3) is 0 Å². The van der Waals surface area contributed by atoms with Gasteiger partial charge in [0.1, 0.15) is 6.10 Å². The largest absolute Gasteiger partial charge is 0.370 e. The molecule has 0 saturated carbocycles. The summed E-state index contributed by atoms with van der Waals surface area (Å²) < 4.78 is 31.1. The lowest BCUT2D eigenvalue weighted by Gasteiger charge is -2.36. The van der Waals surface area contributed by atoms with Crippen LogP contribution in [0, 0.1) is 19.8 Å². The first-order valence-corrected chi connectivity index (χ1v) is 12.3. The van der Waals surface area contributed by atoms with Crippen molar-refractivity contribution in [3.05, 3.63) is 34.9 Å². The van der Waals surface area contributed by atoms with Gasteiger partial charge in [-0.2, -0.15) is 0 Å². The molecule has 1 N–H and O–H groups in total. The molecule has 3 rings (SSSR count). The topological polar surface area (TPSA) is 74.2 Å². The number of ether oxygens (including phenoxy) is 1. The van der Waals surface area contributed by atoms with Gasteiger partial charge in [0.15, 0.2) is 5.96 Å². The van der Waals surface area contributed by atoms with Crippen LogP contribution in [-0.4, -0.2) is 75.7 Å². The number of aliphatic imine (C=N–C) groups is 1. The van der Waals surface area contributed by atoms with E-state index < -0.39 is 10.0 Å². The van der Waals surface area contributed by atoms with Crippen LogP contribution in [0.25, 0.3) is 0 Å². The molecule has 2 aliphatic heterocycles. The molecule has 2 atom stereocenters. The van der Waals surface area contributed by atoms with Crippen LogP contribution < -0.4 is 5.32 Å². The third kappa shape index (κ3) is 6.54. The summed E-state index contributed by atoms with van der Waals surface area (Å²) in [5.41, 5.74) is 3.75. The molecule has 9 heteroatoms. The highest BCUT2D eigenvalue weighted by atomic mass is 127. The SMILES string of the molecule is CCNC(=NCC1CCN(S(C)(=O)=O)C1)N1CCOC(c2ccc(C)cc2C)C1.I. The molecule has 2 heterocycles. The Morgan fingerprint density at radius 2 is 2.03 bits per heavy atom. The van der Waals surface area contributed by atoms with E-state index in [2.05, 4.69) is 49.2 Å². The van der Waals surface area contributed by atoms with Crippen molar-refractivity contribution in [3.63, 3.8) is 0 Å². The molecule has 0 spiro atoms. The first kappa shape index (κ1) is 25.4. The second-order valence-electron chi connectivity index (χ2n) is 8.14. The van der Waals surface area contributed by atoms with Crippen LogP contribution in [0.2, 0.25) is 0 Å². The average molecular weight is 551 g/mol. The molecule has 0 bridgehead atoms. The van der Waals surface area contributed by atoms with Gasteiger partial charge in [-0.1, -0.05) is 23.8 Å². The fourth-order valence-electron chi connectivity index (χ4n) is 4.11. The number of nitrogens with zero attached hydrogens (tertiary/aromatic N) is 3. The van der Waals surface area contributed by atoms with Crippen molar-refractivity contribution in [2.24, 2.45) is 10.9 Å². The molecule has 0 aliphatic carbocycles. The molecule has 0 radical (unpaired) electrons. The van der Waals surface area contributed by atoms with Gasteiger partial charge < -0.3 is 15.0 Å². The highest BCUT2D eigenvalue weighted by molar-refractivity contribution is 14.0. The summed E-state index contributed by atoms with van der Waals surface area (Å²) in [7, 11) is -3.11. The van der Waals surface area contributed by atoms with Crippen LogP contribution >= 0.6 is 24.0 Å². The molecule has 170 valence electrons. The minimum atomic E-state index is -3.11. The minimum absolute atomic E-state index is 0. The number of hydrogen-bond acceptors (Lipinski definition) is 4. The summed E-state index contributed by atoms with van der Waals surface area (Å²) >= 11 is 0. The number of morpholine rings is 1. The van der Waals surface area contributed by atoms with Gasteiger partial charge in [0, 0.05) is 32.7 Å². The van der Waals surface area contributed by atoms with Crippen molar-refractivity contribution in [2.75, 3.05) is 52.1 Å². The monoisotopic (exact) mass is 550 g/mol. The summed E-state index contributed by atoms with van der Waals surface area (Å²) in [5.74, 6) is 1.16. The summed E-state index contributed by atoms with van der Waals surface area (Å²) in [5, 5.41) is 3.40. The zero-order valence-corrected chi connectivity index (χ0v) is 21.6. The third-order valence-electron chi connectivity index (χ3n) is 5.69. The van der Waals surface area contributed by atoms with E-state index in [0.29, 0.717) is 26.2 Å². The normalized spacial score (nSPS) is 23.3. The molecule has 7 nitrogen and oxygen atoms in total. The highest BCUT2D eigenvalue weighted by Crippen LogP contribution is 2.26. The molecule has 2 saturated heterocycles. The molecule has 2 fully saturated rings. The van der Waals surface area contributed by atoms with Crippen LogP contribution in [0.3, 0.4) is 0 Å². The summed E-state index contributed by atoms with van der Waals surface area (Å²) in [6.07, 6.45) is 2.17. The Morgan fingerprint density at radius 3 is 2.67 bits per heavy atom. The number of benzene rings is 1. The van der Waals surface area contributed by atoms with Crippen LogP contribution in [0.5, 0.6) is 0 Å². The number of hydrogen-bond donors (Lipinski definition) is 1. The maximum Gasteiger partial charge on any atom is 0.211 e. The Labute approximate surface area is 198 Å². The minimum Gasteiger partial charge on any atom is -0.370 e. The van der Waals surface area contributed by atoms with E-state index in [1.165, 1.54) is 22.9 Å². The lowest BCUT2D eigenvalue weighted by Crippen LogP contribution is -2.48. The number of rotatable bonds is 5. The van der Waals surface area contributed by atoms with E-state index in [0.717, 1.165) is 32.0 Å². The van der Waals surface area contributed by atoms with Gasteiger partial charge in [-0.05, 0) is 44.2 Å². The van der Waals surface area contributed by atoms with E-state index in [-0.39, 0.29) is 36.0 Å². The number of guanidine groups is 1. The van der Waals surface area contributed by atoms with Crippen molar-refractivity contribution in [3.8, 4) is 0 Å². The fraction of sp³-hybridized carbons (Fsp3) is 0.667. The van der Waals surface area contributed by atoms with E-state index in [1.807, 2.05) is 0 Å². The number of halogens is 1. The maximum absolute atomic E-state index is 11.7. The van der Waals surface area contributed by atoms with E-state index in [9.17, 15) is 8.42 Å². The second kappa shape index (κ2) is 11.1. The lowest BCUT2D eigenvalue weighted by atomic mass is 10.00. The predicted octanol–water partition coefficient (Wildman–Crippen LogP) is 2.54. The van der Waals surface area contributed by atoms with Crippen LogP contribution in [-0.2, 0) is 14.8 Å². The lowest BCUT2D eigenvalue weighted by molar-refractivity contribution is -0.00835. The smallest absolute Gasteiger partial charge is 0.211 e. The fourth-order valence-corrected chi connectivity index (χ4v) is 5.02. The van der Waals surface area contributed by atoms with Crippen molar-refractivity contribution < 1.29 is 13.2 Å². The molecule has 0 amide bonds. The summed E-state index contributed by atoms with van der Waals surface area (Å²) in [4.78, 5) is 7.12. The van der Waals surface area contributed by atoms with Crippen molar-refractivity contribution in [1.29, 1.82) is 0 Å². The predicted molar refractivity (Wildman–Crippen MR) is 132 cm³/mol. The van der Waals surface area contributed by atoms with Gasteiger partial charge in [0.2, 0.25) is 10.0 Å². The van der Waals surface area contributed by atoms with Crippen LogP contribution in [0.15, 0.2) is 23.2 Å². The molecular formula is C21H35IN4O3S. The molecule has 2 aliphatic rings. The standard InChI is InChI=1S/C21H34N4O3S.HI/c1-5-22-21(23-13-18-8-9-25(14-18)29(4,26)27)24-10-11-28-20(15-24)19-7-6-16(2)12-17(19)3;/h6-7,12,18,20H,5,8-11,13-15H2,1-4H3,(H,22,23);1H. The van der Waals surface area contributed by atoms with Crippen LogP contribution in [0.1, 0.15) is 36.1 Å². The Hall–Kier alpha value is -0.910. The highest BCUT2D eigenvalue weighted by Gasteiger charge is 2.29. The summed E-state index contributed by atoms with van der Waals surface area (Å²) in [6.45, 7) is 11.1. The number of aryl methyl sites for hydroxylation is 2. The zero-order chi connectivity index (χ0) is 21.0. The first-order chi connectivity index (χ1) is 13.8. The van der Waals surface area contributed by atoms with Crippen molar-refractivity contribution in [1.82, 2.24) is 14.5 Å². The quantitative estimate of drug-likeness (QED) is 0.347. The molecular weight excluding hydrogens is 515 g/mol. The van der Waals surface area contributed by atoms with E-state index >= 15 is 0 Å². The van der Waals surface area contributed by atoms with Gasteiger partial charge in [-0.3, -0.25) is 4.99 Å². The molecule has 1 aromatic rings. The summed E-state index contributed by atoms with van der Waals surface area (Å²) in [6, 6.07) is 6.50. The average Bonchev–Trinajstić information content (AvgIpc) is 3.15. The Balaban J connectivity index is 0.00000320. The van der Waals surface area contributed by atoms with Gasteiger partial charge >= 0.3 is 0 Å². The molecule has 2 unspecified atom stereocenters. The zero-order valence-electron chi connectivity index (χ0n) is 18.4. The molecule has 1 aromatic carbocycles. The van der Waals surface area contributed by atoms with E-state index in [1.54, 1.807) is 4.31 Å². The number of nitrogens with one attached hydrogen (secondary N) is 1. The van der Waals surface area contributed by atoms with Gasteiger partial charge in [-0.25, -0.2) is 12.7 Å². The number of sulfonamides is 1. The maximum atomic E-state index is 11.7. The van der Waals surface area contributed by atoms with Crippen molar-refractivity contribution >= 4 is 40.0 Å². The Bertz CT molecular complexity index is 847. The van der Waals surface area contributed by atoms with E-state index in [4.69, 9.17) is 9.73 Å². The molecule has 30 heavy (non-hydrogen) atoms. The van der Waals surface area contributed by atoms with Crippen LogP contribution in [0.4, 0.5) is 0 Å². The van der Waals surface area contributed by atoms with Gasteiger partial charge in [0.05, 0.1) is 19.4 Å². The Kier molecular flexibility index (Phi) is 9.38. The first-order valence-electron chi connectivity index (χ1n) is 10.4. The molecule has 0 aromatic heterocycles. The second-order valence-corrected chi connectivity index (χ2v) is 10.1. The van der Waals surface area contributed by atoms with Crippen molar-refractivity contribution in [2.45, 2.75) is 33.3 Å². The Morgan fingerprint density at radius 1 is 1.27 bits per heavy atom.